The number of nitrogens with one attached hydrogen (secondary N) is 1. The summed E-state index contributed by atoms with van der Waals surface area (Å²) in [5.41, 5.74) is 3.36. The van der Waals surface area contributed by atoms with Crippen molar-refractivity contribution >= 4 is 0 Å². The number of hydrogen-bond donors (Lipinski definition) is 1. The van der Waals surface area contributed by atoms with Crippen molar-refractivity contribution in [3.05, 3.63) is 71.3 Å². The van der Waals surface area contributed by atoms with E-state index < -0.39 is 0 Å². The highest BCUT2D eigenvalue weighted by atomic mass is 14.9. The molecule has 2 rings (SSSR count). The van der Waals surface area contributed by atoms with E-state index in [-0.39, 0.29) is 0 Å². The molecule has 0 aliphatic rings. The van der Waals surface area contributed by atoms with Crippen molar-refractivity contribution in [1.29, 1.82) is 5.26 Å². The lowest BCUT2D eigenvalue weighted by Gasteiger charge is -2.14. The van der Waals surface area contributed by atoms with Crippen molar-refractivity contribution in [3.63, 3.8) is 0 Å². The Morgan fingerprint density at radius 3 is 2.38 bits per heavy atom. The van der Waals surface area contributed by atoms with Crippen LogP contribution in [0.15, 0.2) is 54.6 Å². The Morgan fingerprint density at radius 1 is 1.00 bits per heavy atom. The lowest BCUT2D eigenvalue weighted by Crippen LogP contribution is -2.19. The van der Waals surface area contributed by atoms with Crippen molar-refractivity contribution in [3.8, 4) is 6.07 Å². The molecular formula is C19H22N2. The van der Waals surface area contributed by atoms with Crippen molar-refractivity contribution < 1.29 is 0 Å². The van der Waals surface area contributed by atoms with E-state index >= 15 is 0 Å². The van der Waals surface area contributed by atoms with Gasteiger partial charge in [-0.05, 0) is 56.0 Å². The third-order valence-corrected chi connectivity index (χ3v) is 3.73. The molecule has 2 aromatic rings. The largest absolute Gasteiger partial charge is 0.310 e. The molecule has 0 aromatic heterocycles. The fourth-order valence-corrected chi connectivity index (χ4v) is 2.38. The monoisotopic (exact) mass is 278 g/mol. The minimum absolute atomic E-state index is 0.328. The molecule has 0 saturated heterocycles. The third kappa shape index (κ3) is 5.06. The average Bonchev–Trinajstić information content (AvgIpc) is 2.55. The van der Waals surface area contributed by atoms with Crippen LogP contribution >= 0.6 is 0 Å². The van der Waals surface area contributed by atoms with Crippen LogP contribution in [0.1, 0.15) is 42.5 Å². The molecule has 0 fully saturated rings. The molecule has 1 atom stereocenters. The van der Waals surface area contributed by atoms with Gasteiger partial charge < -0.3 is 5.32 Å². The summed E-state index contributed by atoms with van der Waals surface area (Å²) in [5, 5.41) is 12.3. The Labute approximate surface area is 127 Å². The molecule has 0 saturated carbocycles. The van der Waals surface area contributed by atoms with Gasteiger partial charge in [0, 0.05) is 6.04 Å². The first-order valence-corrected chi connectivity index (χ1v) is 7.57. The Balaban J connectivity index is 1.67. The van der Waals surface area contributed by atoms with E-state index in [1.807, 2.05) is 24.3 Å². The van der Waals surface area contributed by atoms with Gasteiger partial charge in [0.1, 0.15) is 0 Å². The SMILES string of the molecule is CC(NCCCCc1ccccc1)c1ccc(C#N)cc1. The van der Waals surface area contributed by atoms with Gasteiger partial charge in [-0.2, -0.15) is 5.26 Å². The normalized spacial score (nSPS) is 11.8. The first kappa shape index (κ1) is 15.3. The summed E-state index contributed by atoms with van der Waals surface area (Å²) >= 11 is 0. The van der Waals surface area contributed by atoms with Crippen molar-refractivity contribution in [2.75, 3.05) is 6.54 Å². The molecule has 0 aliphatic carbocycles. The molecule has 0 heterocycles. The summed E-state index contributed by atoms with van der Waals surface area (Å²) < 4.78 is 0. The zero-order chi connectivity index (χ0) is 14.9. The van der Waals surface area contributed by atoms with Gasteiger partial charge in [0.05, 0.1) is 11.6 Å². The molecule has 0 aliphatic heterocycles. The van der Waals surface area contributed by atoms with Gasteiger partial charge in [-0.25, -0.2) is 0 Å². The predicted octanol–water partition coefficient (Wildman–Crippen LogP) is 4.23. The molecule has 0 amide bonds. The Hall–Kier alpha value is -2.11. The molecule has 2 nitrogen and oxygen atoms in total. The highest BCUT2D eigenvalue weighted by Crippen LogP contribution is 2.13. The average molecular weight is 278 g/mol. The second kappa shape index (κ2) is 8.24. The van der Waals surface area contributed by atoms with E-state index in [1.54, 1.807) is 0 Å². The van der Waals surface area contributed by atoms with Gasteiger partial charge in [-0.15, -0.1) is 0 Å². The molecule has 0 radical (unpaired) electrons. The maximum atomic E-state index is 8.80. The van der Waals surface area contributed by atoms with E-state index in [4.69, 9.17) is 5.26 Å². The van der Waals surface area contributed by atoms with E-state index in [9.17, 15) is 0 Å². The second-order valence-electron chi connectivity index (χ2n) is 5.35. The minimum atomic E-state index is 0.328. The van der Waals surface area contributed by atoms with Crippen LogP contribution in [0.25, 0.3) is 0 Å². The van der Waals surface area contributed by atoms with Gasteiger partial charge in [0.2, 0.25) is 0 Å². The van der Waals surface area contributed by atoms with Crippen molar-refractivity contribution in [2.24, 2.45) is 0 Å². The number of benzene rings is 2. The Morgan fingerprint density at radius 2 is 1.71 bits per heavy atom. The van der Waals surface area contributed by atoms with Crippen LogP contribution in [0, 0.1) is 11.3 Å². The van der Waals surface area contributed by atoms with Gasteiger partial charge in [0.25, 0.3) is 0 Å². The summed E-state index contributed by atoms with van der Waals surface area (Å²) in [6.07, 6.45) is 3.53. The van der Waals surface area contributed by atoms with E-state index in [2.05, 4.69) is 48.6 Å². The van der Waals surface area contributed by atoms with E-state index in [0.29, 0.717) is 11.6 Å². The summed E-state index contributed by atoms with van der Waals surface area (Å²) in [4.78, 5) is 0. The number of aryl methyl sites for hydroxylation is 1. The second-order valence-corrected chi connectivity index (χ2v) is 5.35. The lowest BCUT2D eigenvalue weighted by molar-refractivity contribution is 0.546. The lowest BCUT2D eigenvalue weighted by atomic mass is 10.1. The first-order valence-electron chi connectivity index (χ1n) is 7.57. The number of unbranched alkanes of at least 4 members (excludes halogenated alkanes) is 1. The Kier molecular flexibility index (Phi) is 5.99. The summed E-state index contributed by atoms with van der Waals surface area (Å²) in [5.74, 6) is 0. The smallest absolute Gasteiger partial charge is 0.0991 e. The van der Waals surface area contributed by atoms with Crippen molar-refractivity contribution in [2.45, 2.75) is 32.2 Å². The molecule has 21 heavy (non-hydrogen) atoms. The Bertz CT molecular complexity index is 567. The number of nitrogens with zero attached hydrogens (tertiary/aromatic N) is 1. The molecule has 2 aromatic carbocycles. The predicted molar refractivity (Wildman–Crippen MR) is 87.0 cm³/mol. The fourth-order valence-electron chi connectivity index (χ4n) is 2.38. The topological polar surface area (TPSA) is 35.8 Å². The van der Waals surface area contributed by atoms with Crippen LogP contribution in [0.4, 0.5) is 0 Å². The molecule has 108 valence electrons. The minimum Gasteiger partial charge on any atom is -0.310 e. The summed E-state index contributed by atoms with van der Waals surface area (Å²) in [6, 6.07) is 20.9. The van der Waals surface area contributed by atoms with Gasteiger partial charge >= 0.3 is 0 Å². The summed E-state index contributed by atoms with van der Waals surface area (Å²) in [6.45, 7) is 3.19. The maximum absolute atomic E-state index is 8.80. The highest BCUT2D eigenvalue weighted by Gasteiger charge is 2.04. The van der Waals surface area contributed by atoms with Crippen LogP contribution < -0.4 is 5.32 Å². The number of nitriles is 1. The van der Waals surface area contributed by atoms with Crippen LogP contribution in [0.3, 0.4) is 0 Å². The van der Waals surface area contributed by atoms with Crippen molar-refractivity contribution in [1.82, 2.24) is 5.32 Å². The zero-order valence-corrected chi connectivity index (χ0v) is 12.5. The maximum Gasteiger partial charge on any atom is 0.0991 e. The molecule has 0 spiro atoms. The van der Waals surface area contributed by atoms with Crippen LogP contribution in [0.5, 0.6) is 0 Å². The third-order valence-electron chi connectivity index (χ3n) is 3.73. The zero-order valence-electron chi connectivity index (χ0n) is 12.5. The van der Waals surface area contributed by atoms with Gasteiger partial charge in [0.15, 0.2) is 0 Å². The fraction of sp³-hybridized carbons (Fsp3) is 0.316. The molecule has 0 bridgehead atoms. The number of hydrogen-bond acceptors (Lipinski definition) is 2. The first-order chi connectivity index (χ1) is 10.3. The van der Waals surface area contributed by atoms with Crippen LogP contribution in [-0.2, 0) is 6.42 Å². The highest BCUT2D eigenvalue weighted by molar-refractivity contribution is 5.32. The number of rotatable bonds is 7. The summed E-state index contributed by atoms with van der Waals surface area (Å²) in [7, 11) is 0. The van der Waals surface area contributed by atoms with Crippen LogP contribution in [0.2, 0.25) is 0 Å². The standard InChI is InChI=1S/C19H22N2/c1-16(19-12-10-18(15-20)11-13-19)21-14-6-5-9-17-7-3-2-4-8-17/h2-4,7-8,10-13,16,21H,5-6,9,14H2,1H3. The van der Waals surface area contributed by atoms with Gasteiger partial charge in [-0.1, -0.05) is 42.5 Å². The van der Waals surface area contributed by atoms with Crippen LogP contribution in [-0.4, -0.2) is 6.54 Å². The molecule has 1 unspecified atom stereocenters. The molecular weight excluding hydrogens is 256 g/mol. The quantitative estimate of drug-likeness (QED) is 0.769. The van der Waals surface area contributed by atoms with E-state index in [1.165, 1.54) is 24.0 Å². The molecule has 2 heteroatoms. The molecule has 1 N–H and O–H groups in total. The van der Waals surface area contributed by atoms with E-state index in [0.717, 1.165) is 13.0 Å². The van der Waals surface area contributed by atoms with Gasteiger partial charge in [-0.3, -0.25) is 0 Å².